The van der Waals surface area contributed by atoms with Gasteiger partial charge in [0, 0.05) is 60.3 Å². The molecular formula is C57H34N4O2. The van der Waals surface area contributed by atoms with E-state index in [4.69, 9.17) is 23.8 Å². The third-order valence-corrected chi connectivity index (χ3v) is 12.3. The molecule has 0 N–H and O–H groups in total. The van der Waals surface area contributed by atoms with E-state index in [9.17, 15) is 0 Å². The molecule has 0 unspecified atom stereocenters. The summed E-state index contributed by atoms with van der Waals surface area (Å²) in [5, 5.41) is 6.46. The summed E-state index contributed by atoms with van der Waals surface area (Å²) in [6, 6.07) is 71.5. The van der Waals surface area contributed by atoms with Crippen molar-refractivity contribution in [3.8, 4) is 62.1 Å². The molecule has 6 heteroatoms. The molecule has 4 aromatic heterocycles. The van der Waals surface area contributed by atoms with E-state index in [1.54, 1.807) is 0 Å². The van der Waals surface area contributed by atoms with Crippen LogP contribution in [0.2, 0.25) is 0 Å². The number of para-hydroxylation sites is 4. The van der Waals surface area contributed by atoms with Crippen LogP contribution >= 0.6 is 0 Å². The predicted octanol–water partition coefficient (Wildman–Crippen LogP) is 15.1. The van der Waals surface area contributed by atoms with Crippen molar-refractivity contribution in [1.29, 1.82) is 0 Å². The lowest BCUT2D eigenvalue weighted by molar-refractivity contribution is 0.669. The van der Waals surface area contributed by atoms with E-state index >= 15 is 0 Å². The molecule has 294 valence electrons. The van der Waals surface area contributed by atoms with Gasteiger partial charge >= 0.3 is 0 Å². The first kappa shape index (κ1) is 35.2. The number of furan rings is 2. The van der Waals surface area contributed by atoms with Crippen molar-refractivity contribution in [1.82, 2.24) is 19.5 Å². The Morgan fingerprint density at radius 1 is 0.317 bits per heavy atom. The Kier molecular flexibility index (Phi) is 7.80. The first-order chi connectivity index (χ1) is 31.2. The van der Waals surface area contributed by atoms with Gasteiger partial charge in [-0.25, -0.2) is 15.0 Å². The minimum Gasteiger partial charge on any atom is -0.456 e. The molecule has 0 aliphatic heterocycles. The van der Waals surface area contributed by atoms with Gasteiger partial charge in [-0.3, -0.25) is 0 Å². The van der Waals surface area contributed by atoms with E-state index in [2.05, 4.69) is 156 Å². The highest BCUT2D eigenvalue weighted by Crippen LogP contribution is 2.44. The molecule has 0 amide bonds. The van der Waals surface area contributed by atoms with Crippen LogP contribution in [0.25, 0.3) is 128 Å². The molecule has 13 aromatic rings. The molecule has 0 saturated carbocycles. The van der Waals surface area contributed by atoms with Crippen LogP contribution in [-0.2, 0) is 0 Å². The van der Waals surface area contributed by atoms with Gasteiger partial charge in [0.2, 0.25) is 0 Å². The van der Waals surface area contributed by atoms with Crippen LogP contribution in [0, 0.1) is 0 Å². The molecule has 0 aliphatic rings. The van der Waals surface area contributed by atoms with Crippen LogP contribution in [-0.4, -0.2) is 19.5 Å². The number of nitrogens with zero attached hydrogens (tertiary/aromatic N) is 4. The van der Waals surface area contributed by atoms with E-state index in [1.807, 2.05) is 54.6 Å². The maximum absolute atomic E-state index is 6.82. The molecule has 63 heavy (non-hydrogen) atoms. The van der Waals surface area contributed by atoms with Crippen LogP contribution < -0.4 is 0 Å². The van der Waals surface area contributed by atoms with Crippen molar-refractivity contribution < 1.29 is 8.83 Å². The Bertz CT molecular complexity index is 3860. The lowest BCUT2D eigenvalue weighted by atomic mass is 9.96. The Morgan fingerprint density at radius 2 is 0.841 bits per heavy atom. The van der Waals surface area contributed by atoms with Crippen molar-refractivity contribution in [3.63, 3.8) is 0 Å². The van der Waals surface area contributed by atoms with Gasteiger partial charge in [-0.2, -0.15) is 0 Å². The summed E-state index contributed by atoms with van der Waals surface area (Å²) in [6.45, 7) is 0. The third kappa shape index (κ3) is 5.62. The van der Waals surface area contributed by atoms with Crippen LogP contribution in [0.15, 0.2) is 215 Å². The van der Waals surface area contributed by atoms with Crippen LogP contribution in [0.4, 0.5) is 0 Å². The molecular weight excluding hydrogens is 773 g/mol. The maximum Gasteiger partial charge on any atom is 0.164 e. The summed E-state index contributed by atoms with van der Waals surface area (Å²) >= 11 is 0. The fourth-order valence-corrected chi connectivity index (χ4v) is 9.40. The SMILES string of the molecule is c1ccc(-c2ccc(-c3nc(-c4ccccc4-c4cc(-n5c6ccccc6c6ccccc65)cc5c4oc4ccccc45)nc(-c4cccc5oc6ccccc6c45)n3)cc2)cc1. The summed E-state index contributed by atoms with van der Waals surface area (Å²) in [4.78, 5) is 15.9. The van der Waals surface area contributed by atoms with Gasteiger partial charge in [0.25, 0.3) is 0 Å². The van der Waals surface area contributed by atoms with Crippen LogP contribution in [0.3, 0.4) is 0 Å². The maximum atomic E-state index is 6.82. The minimum absolute atomic E-state index is 0.550. The van der Waals surface area contributed by atoms with Gasteiger partial charge in [-0.1, -0.05) is 164 Å². The second kappa shape index (κ2) is 14.0. The Labute approximate surface area is 361 Å². The minimum atomic E-state index is 0.550. The quantitative estimate of drug-likeness (QED) is 0.167. The fraction of sp³-hybridized carbons (Fsp3) is 0. The average Bonchev–Trinajstić information content (AvgIpc) is 4.04. The zero-order valence-corrected chi connectivity index (χ0v) is 33.7. The third-order valence-electron chi connectivity index (χ3n) is 12.3. The smallest absolute Gasteiger partial charge is 0.164 e. The molecule has 13 rings (SSSR count). The molecule has 0 radical (unpaired) electrons. The second-order valence-corrected chi connectivity index (χ2v) is 15.9. The van der Waals surface area contributed by atoms with Crippen molar-refractivity contribution in [2.45, 2.75) is 0 Å². The number of fused-ring (bicyclic) bond motifs is 9. The summed E-state index contributed by atoms with van der Waals surface area (Å²) in [5.41, 5.74) is 13.3. The second-order valence-electron chi connectivity index (χ2n) is 15.9. The van der Waals surface area contributed by atoms with Crippen molar-refractivity contribution in [3.05, 3.63) is 206 Å². The first-order valence-electron chi connectivity index (χ1n) is 21.1. The van der Waals surface area contributed by atoms with Crippen molar-refractivity contribution >= 4 is 65.7 Å². The summed E-state index contributed by atoms with van der Waals surface area (Å²) in [5.74, 6) is 1.68. The number of aromatic nitrogens is 4. The Balaban J connectivity index is 1.07. The highest BCUT2D eigenvalue weighted by Gasteiger charge is 2.23. The van der Waals surface area contributed by atoms with E-state index < -0.39 is 0 Å². The van der Waals surface area contributed by atoms with E-state index in [1.165, 1.54) is 10.8 Å². The van der Waals surface area contributed by atoms with Crippen molar-refractivity contribution in [2.75, 3.05) is 0 Å². The predicted molar refractivity (Wildman–Crippen MR) is 256 cm³/mol. The zero-order chi connectivity index (χ0) is 41.4. The van der Waals surface area contributed by atoms with Gasteiger partial charge in [0.15, 0.2) is 17.5 Å². The number of benzene rings is 9. The fourth-order valence-electron chi connectivity index (χ4n) is 9.40. The van der Waals surface area contributed by atoms with Crippen LogP contribution in [0.5, 0.6) is 0 Å². The monoisotopic (exact) mass is 806 g/mol. The molecule has 6 nitrogen and oxygen atoms in total. The van der Waals surface area contributed by atoms with Gasteiger partial charge in [-0.15, -0.1) is 0 Å². The number of rotatable bonds is 6. The number of hydrogen-bond donors (Lipinski definition) is 0. The molecule has 0 spiro atoms. The molecule has 0 atom stereocenters. The lowest BCUT2D eigenvalue weighted by Crippen LogP contribution is -2.02. The summed E-state index contributed by atoms with van der Waals surface area (Å²) in [6.07, 6.45) is 0. The average molecular weight is 807 g/mol. The molecule has 0 bridgehead atoms. The highest BCUT2D eigenvalue weighted by molar-refractivity contribution is 6.14. The Hall–Kier alpha value is -8.61. The highest BCUT2D eigenvalue weighted by atomic mass is 16.3. The molecule has 0 saturated heterocycles. The largest absolute Gasteiger partial charge is 0.456 e. The standard InChI is InChI=1S/C57H34N4O2/c1-2-15-35(16-3-1)36-29-31-37(32-30-36)55-58-56(60-57(59-55)45-23-14-28-52-53(45)44-22-9-13-27-51(44)62-52)43-21-5-4-17-39(43)46-33-38(34-47-42-20-8-12-26-50(42)63-54(46)47)61-48-24-10-6-18-40(48)41-19-7-11-25-49(41)61/h1-34H. The number of hydrogen-bond acceptors (Lipinski definition) is 5. The first-order valence-corrected chi connectivity index (χ1v) is 21.1. The molecule has 0 aliphatic carbocycles. The lowest BCUT2D eigenvalue weighted by Gasteiger charge is -2.15. The van der Waals surface area contributed by atoms with Crippen molar-refractivity contribution in [2.24, 2.45) is 0 Å². The van der Waals surface area contributed by atoms with Crippen LogP contribution in [0.1, 0.15) is 0 Å². The summed E-state index contributed by atoms with van der Waals surface area (Å²) < 4.78 is 15.5. The molecule has 4 heterocycles. The van der Waals surface area contributed by atoms with E-state index in [-0.39, 0.29) is 0 Å². The van der Waals surface area contributed by atoms with Gasteiger partial charge < -0.3 is 13.4 Å². The summed E-state index contributed by atoms with van der Waals surface area (Å²) in [7, 11) is 0. The van der Waals surface area contributed by atoms with Gasteiger partial charge in [0.05, 0.1) is 11.0 Å². The topological polar surface area (TPSA) is 69.9 Å². The molecule has 0 fully saturated rings. The Morgan fingerprint density at radius 3 is 1.59 bits per heavy atom. The normalized spacial score (nSPS) is 11.8. The van der Waals surface area contributed by atoms with Gasteiger partial charge in [-0.05, 0) is 59.2 Å². The van der Waals surface area contributed by atoms with Gasteiger partial charge in [0.1, 0.15) is 22.3 Å². The molecule has 9 aromatic carbocycles. The van der Waals surface area contributed by atoms with E-state index in [0.717, 1.165) is 99.5 Å². The van der Waals surface area contributed by atoms with E-state index in [0.29, 0.717) is 17.5 Å². The zero-order valence-electron chi connectivity index (χ0n) is 33.7.